The molecule has 0 saturated carbocycles. The lowest BCUT2D eigenvalue weighted by Crippen LogP contribution is -2.35. The van der Waals surface area contributed by atoms with Crippen molar-refractivity contribution in [2.24, 2.45) is 5.92 Å². The summed E-state index contributed by atoms with van der Waals surface area (Å²) in [4.78, 5) is 5.04. The smallest absolute Gasteiger partial charge is 0.0254 e. The first-order chi connectivity index (χ1) is 7.66. The van der Waals surface area contributed by atoms with Gasteiger partial charge in [-0.1, -0.05) is 6.92 Å². The molecule has 94 valence electrons. The summed E-state index contributed by atoms with van der Waals surface area (Å²) in [6, 6.07) is 1.56. The van der Waals surface area contributed by atoms with Crippen LogP contribution in [0, 0.1) is 5.92 Å². The van der Waals surface area contributed by atoms with Crippen LogP contribution in [0.2, 0.25) is 0 Å². The van der Waals surface area contributed by atoms with Crippen molar-refractivity contribution in [3.63, 3.8) is 0 Å². The van der Waals surface area contributed by atoms with Crippen molar-refractivity contribution in [1.82, 2.24) is 15.1 Å². The van der Waals surface area contributed by atoms with E-state index in [2.05, 4.69) is 36.1 Å². The van der Waals surface area contributed by atoms with Crippen molar-refractivity contribution in [3.05, 3.63) is 0 Å². The zero-order valence-corrected chi connectivity index (χ0v) is 11.1. The molecule has 0 spiro atoms. The van der Waals surface area contributed by atoms with Gasteiger partial charge in [-0.05, 0) is 52.4 Å². The van der Waals surface area contributed by atoms with Gasteiger partial charge in [-0.2, -0.15) is 0 Å². The van der Waals surface area contributed by atoms with Gasteiger partial charge in [-0.25, -0.2) is 0 Å². The Morgan fingerprint density at radius 1 is 1.31 bits per heavy atom. The highest BCUT2D eigenvalue weighted by Gasteiger charge is 2.30. The van der Waals surface area contributed by atoms with E-state index in [0.717, 1.165) is 18.0 Å². The van der Waals surface area contributed by atoms with Crippen LogP contribution in [0.15, 0.2) is 0 Å². The highest BCUT2D eigenvalue weighted by Crippen LogP contribution is 2.20. The molecule has 0 radical (unpaired) electrons. The molecule has 16 heavy (non-hydrogen) atoms. The average molecular weight is 225 g/mol. The van der Waals surface area contributed by atoms with Crippen molar-refractivity contribution >= 4 is 0 Å². The lowest BCUT2D eigenvalue weighted by atomic mass is 10.1. The summed E-state index contributed by atoms with van der Waals surface area (Å²) in [5.74, 6) is 0.825. The summed E-state index contributed by atoms with van der Waals surface area (Å²) < 4.78 is 0. The summed E-state index contributed by atoms with van der Waals surface area (Å²) in [6.45, 7) is 7.46. The Morgan fingerprint density at radius 3 is 2.69 bits per heavy atom. The van der Waals surface area contributed by atoms with Gasteiger partial charge in [0.2, 0.25) is 0 Å². The van der Waals surface area contributed by atoms with Crippen LogP contribution in [0.3, 0.4) is 0 Å². The van der Waals surface area contributed by atoms with E-state index < -0.39 is 0 Å². The van der Waals surface area contributed by atoms with Crippen LogP contribution < -0.4 is 5.32 Å². The fourth-order valence-electron chi connectivity index (χ4n) is 3.24. The second-order valence-electron chi connectivity index (χ2n) is 5.85. The molecule has 1 N–H and O–H groups in total. The standard InChI is InChI=1S/C13H27N3/c1-11-9-16(10-13(11)15(2)3)8-6-12-5-4-7-14-12/h11-14H,4-10H2,1-3H3. The molecule has 0 aromatic carbocycles. The maximum Gasteiger partial charge on any atom is 0.0254 e. The molecular formula is C13H27N3. The zero-order valence-electron chi connectivity index (χ0n) is 11.1. The molecule has 3 atom stereocenters. The first-order valence-electron chi connectivity index (χ1n) is 6.79. The number of nitrogens with zero attached hydrogens (tertiary/aromatic N) is 2. The molecule has 2 heterocycles. The molecule has 2 fully saturated rings. The molecule has 0 bridgehead atoms. The van der Waals surface area contributed by atoms with Crippen molar-refractivity contribution in [2.75, 3.05) is 40.3 Å². The molecule has 2 aliphatic rings. The molecule has 3 nitrogen and oxygen atoms in total. The number of likely N-dealkylation sites (tertiary alicyclic amines) is 1. The number of hydrogen-bond acceptors (Lipinski definition) is 3. The predicted octanol–water partition coefficient (Wildman–Crippen LogP) is 1.01. The van der Waals surface area contributed by atoms with Crippen molar-refractivity contribution in [2.45, 2.75) is 38.3 Å². The first-order valence-corrected chi connectivity index (χ1v) is 6.79. The van der Waals surface area contributed by atoms with Crippen LogP contribution >= 0.6 is 0 Å². The molecule has 3 heteroatoms. The number of hydrogen-bond donors (Lipinski definition) is 1. The highest BCUT2D eigenvalue weighted by atomic mass is 15.2. The summed E-state index contributed by atoms with van der Waals surface area (Å²) in [6.07, 6.45) is 4.11. The molecule has 2 rings (SSSR count). The third kappa shape index (κ3) is 2.96. The maximum absolute atomic E-state index is 3.59. The van der Waals surface area contributed by atoms with E-state index in [1.54, 1.807) is 0 Å². The van der Waals surface area contributed by atoms with Crippen molar-refractivity contribution < 1.29 is 0 Å². The maximum atomic E-state index is 3.59. The molecule has 0 aromatic rings. The monoisotopic (exact) mass is 225 g/mol. The van der Waals surface area contributed by atoms with Gasteiger partial charge in [-0.15, -0.1) is 0 Å². The van der Waals surface area contributed by atoms with Gasteiger partial charge in [0.25, 0.3) is 0 Å². The Bertz CT molecular complexity index is 211. The second-order valence-corrected chi connectivity index (χ2v) is 5.85. The molecule has 3 unspecified atom stereocenters. The predicted molar refractivity (Wildman–Crippen MR) is 68.7 cm³/mol. The lowest BCUT2D eigenvalue weighted by Gasteiger charge is -2.23. The van der Waals surface area contributed by atoms with Gasteiger partial charge in [0.05, 0.1) is 0 Å². The van der Waals surface area contributed by atoms with E-state index in [1.165, 1.54) is 45.4 Å². The van der Waals surface area contributed by atoms with E-state index in [-0.39, 0.29) is 0 Å². The summed E-state index contributed by atoms with van der Waals surface area (Å²) in [5, 5.41) is 3.59. The van der Waals surface area contributed by atoms with Gasteiger partial charge in [0, 0.05) is 25.2 Å². The number of nitrogens with one attached hydrogen (secondary N) is 1. The van der Waals surface area contributed by atoms with E-state index in [1.807, 2.05) is 0 Å². The summed E-state index contributed by atoms with van der Waals surface area (Å²) in [5.41, 5.74) is 0. The number of rotatable bonds is 4. The zero-order chi connectivity index (χ0) is 11.5. The Labute approximate surface area is 100 Å². The van der Waals surface area contributed by atoms with E-state index in [9.17, 15) is 0 Å². The van der Waals surface area contributed by atoms with Crippen LogP contribution in [0.5, 0.6) is 0 Å². The Kier molecular flexibility index (Phi) is 4.22. The SMILES string of the molecule is CC1CN(CCC2CCCN2)CC1N(C)C. The highest BCUT2D eigenvalue weighted by molar-refractivity contribution is 4.87. The number of likely N-dealkylation sites (N-methyl/N-ethyl adjacent to an activating group) is 1. The first kappa shape index (κ1) is 12.3. The van der Waals surface area contributed by atoms with Crippen LogP contribution in [0.1, 0.15) is 26.2 Å². The quantitative estimate of drug-likeness (QED) is 0.770. The lowest BCUT2D eigenvalue weighted by molar-refractivity contribution is 0.249. The van der Waals surface area contributed by atoms with Gasteiger partial charge < -0.3 is 15.1 Å². The Hall–Kier alpha value is -0.120. The average Bonchev–Trinajstić information content (AvgIpc) is 2.83. The van der Waals surface area contributed by atoms with Gasteiger partial charge in [-0.3, -0.25) is 0 Å². The summed E-state index contributed by atoms with van der Waals surface area (Å²) in [7, 11) is 4.42. The second kappa shape index (κ2) is 5.48. The Balaban J connectivity index is 1.71. The minimum absolute atomic E-state index is 0.761. The molecule has 0 aromatic heterocycles. The minimum Gasteiger partial charge on any atom is -0.314 e. The van der Waals surface area contributed by atoms with Crippen LogP contribution in [0.25, 0.3) is 0 Å². The molecular weight excluding hydrogens is 198 g/mol. The van der Waals surface area contributed by atoms with Gasteiger partial charge >= 0.3 is 0 Å². The fourth-order valence-corrected chi connectivity index (χ4v) is 3.24. The van der Waals surface area contributed by atoms with E-state index in [4.69, 9.17) is 0 Å². The third-order valence-electron chi connectivity index (χ3n) is 4.27. The van der Waals surface area contributed by atoms with Gasteiger partial charge in [0.15, 0.2) is 0 Å². The molecule has 2 saturated heterocycles. The van der Waals surface area contributed by atoms with Crippen LogP contribution in [0.4, 0.5) is 0 Å². The van der Waals surface area contributed by atoms with Crippen LogP contribution in [-0.4, -0.2) is 62.2 Å². The minimum atomic E-state index is 0.761. The van der Waals surface area contributed by atoms with Crippen molar-refractivity contribution in [3.8, 4) is 0 Å². The van der Waals surface area contributed by atoms with E-state index >= 15 is 0 Å². The van der Waals surface area contributed by atoms with Crippen LogP contribution in [-0.2, 0) is 0 Å². The summed E-state index contributed by atoms with van der Waals surface area (Å²) >= 11 is 0. The van der Waals surface area contributed by atoms with E-state index in [0.29, 0.717) is 0 Å². The topological polar surface area (TPSA) is 18.5 Å². The van der Waals surface area contributed by atoms with Crippen molar-refractivity contribution in [1.29, 1.82) is 0 Å². The van der Waals surface area contributed by atoms with Gasteiger partial charge in [0.1, 0.15) is 0 Å². The third-order valence-corrected chi connectivity index (χ3v) is 4.27. The molecule has 0 aliphatic carbocycles. The normalized spacial score (nSPS) is 36.4. The molecule has 2 aliphatic heterocycles. The molecule has 0 amide bonds. The Morgan fingerprint density at radius 2 is 2.12 bits per heavy atom. The largest absolute Gasteiger partial charge is 0.314 e. The fraction of sp³-hybridized carbons (Fsp3) is 1.00.